The van der Waals surface area contributed by atoms with Crippen molar-refractivity contribution in [1.29, 1.82) is 0 Å². The lowest BCUT2D eigenvalue weighted by atomic mass is 10.0. The van der Waals surface area contributed by atoms with E-state index in [-0.39, 0.29) is 12.2 Å². The summed E-state index contributed by atoms with van der Waals surface area (Å²) in [4.78, 5) is 26.8. The predicted octanol–water partition coefficient (Wildman–Crippen LogP) is 4.41. The molecule has 0 bridgehead atoms. The first kappa shape index (κ1) is 22.6. The summed E-state index contributed by atoms with van der Waals surface area (Å²) in [5.74, 6) is 0.895. The number of ketones is 1. The van der Waals surface area contributed by atoms with E-state index in [1.807, 2.05) is 37.4 Å². The molecule has 0 aliphatic carbocycles. The molecule has 4 heterocycles. The smallest absolute Gasteiger partial charge is 0.169 e. The number of carbonyl (C=O) groups is 1. The number of rotatable bonds is 6. The summed E-state index contributed by atoms with van der Waals surface area (Å²) in [5.41, 5.74) is 2.45. The first-order valence-corrected chi connectivity index (χ1v) is 12.4. The lowest BCUT2D eigenvalue weighted by molar-refractivity contribution is 0.0992. The normalized spacial score (nSPS) is 15.0. The van der Waals surface area contributed by atoms with Gasteiger partial charge in [-0.15, -0.1) is 10.2 Å². The van der Waals surface area contributed by atoms with E-state index in [2.05, 4.69) is 50.1 Å². The van der Waals surface area contributed by atoms with Crippen LogP contribution in [-0.2, 0) is 6.42 Å². The third-order valence-electron chi connectivity index (χ3n) is 6.56. The number of benzene rings is 1. The third kappa shape index (κ3) is 4.83. The number of piperidine rings is 1. The Morgan fingerprint density at radius 3 is 2.68 bits per heavy atom. The Labute approximate surface area is 203 Å². The maximum Gasteiger partial charge on any atom is 0.169 e. The van der Waals surface area contributed by atoms with Crippen molar-refractivity contribution >= 4 is 33.7 Å². The number of anilines is 1. The fourth-order valence-corrected chi connectivity index (χ4v) is 5.14. The number of fused-ring (bicyclic) bond motifs is 1. The number of nitrogens with zero attached hydrogens (tertiary/aromatic N) is 6. The average molecular weight is 473 g/mol. The van der Waals surface area contributed by atoms with Gasteiger partial charge in [0.25, 0.3) is 0 Å². The molecular weight excluding hydrogens is 444 g/mol. The van der Waals surface area contributed by atoms with Crippen molar-refractivity contribution in [3.05, 3.63) is 65.1 Å². The van der Waals surface area contributed by atoms with Gasteiger partial charge in [-0.2, -0.15) is 0 Å². The topological polar surface area (TPSA) is 75.1 Å². The Morgan fingerprint density at radius 2 is 1.91 bits per heavy atom. The highest BCUT2D eigenvalue weighted by Crippen LogP contribution is 2.27. The van der Waals surface area contributed by atoms with Gasteiger partial charge >= 0.3 is 0 Å². The van der Waals surface area contributed by atoms with Crippen molar-refractivity contribution in [2.45, 2.75) is 32.2 Å². The minimum Gasteiger partial charge on any atom is -0.357 e. The number of pyridine rings is 2. The highest BCUT2D eigenvalue weighted by atomic mass is 32.1. The molecule has 1 aliphatic heterocycles. The van der Waals surface area contributed by atoms with Gasteiger partial charge in [0, 0.05) is 47.7 Å². The number of hydrogen-bond donors (Lipinski definition) is 0. The molecule has 3 aromatic heterocycles. The van der Waals surface area contributed by atoms with Crippen LogP contribution in [0.1, 0.15) is 33.9 Å². The fraction of sp³-hybridized carbons (Fsp3) is 0.346. The van der Waals surface area contributed by atoms with E-state index in [1.165, 1.54) is 0 Å². The predicted molar refractivity (Wildman–Crippen MR) is 137 cm³/mol. The zero-order valence-corrected chi connectivity index (χ0v) is 20.5. The van der Waals surface area contributed by atoms with E-state index < -0.39 is 0 Å². The van der Waals surface area contributed by atoms with Crippen LogP contribution in [0.2, 0.25) is 0 Å². The van der Waals surface area contributed by atoms with Crippen LogP contribution >= 0.6 is 11.3 Å². The van der Waals surface area contributed by atoms with Crippen LogP contribution in [0, 0.1) is 6.92 Å². The summed E-state index contributed by atoms with van der Waals surface area (Å²) in [6.45, 7) is 4.12. The van der Waals surface area contributed by atoms with Gasteiger partial charge in [-0.05, 0) is 69.6 Å². The largest absolute Gasteiger partial charge is 0.357 e. The quantitative estimate of drug-likeness (QED) is 0.385. The molecule has 7 nitrogen and oxygen atoms in total. The highest BCUT2D eigenvalue weighted by Gasteiger charge is 2.22. The van der Waals surface area contributed by atoms with Crippen molar-refractivity contribution < 1.29 is 4.79 Å². The molecular formula is C26H28N6OS. The van der Waals surface area contributed by atoms with Crippen molar-refractivity contribution in [2.24, 2.45) is 0 Å². The molecule has 34 heavy (non-hydrogen) atoms. The van der Waals surface area contributed by atoms with Crippen LogP contribution in [0.4, 0.5) is 5.82 Å². The number of aryl methyl sites for hydroxylation is 1. The van der Waals surface area contributed by atoms with Crippen molar-refractivity contribution in [1.82, 2.24) is 25.1 Å². The second kappa shape index (κ2) is 9.56. The minimum absolute atomic E-state index is 0.0446. The molecule has 5 rings (SSSR count). The summed E-state index contributed by atoms with van der Waals surface area (Å²) >= 11 is 1.57. The Balaban J connectivity index is 1.33. The third-order valence-corrected chi connectivity index (χ3v) is 7.45. The molecule has 0 spiro atoms. The number of aromatic nitrogens is 4. The summed E-state index contributed by atoms with van der Waals surface area (Å²) < 4.78 is 0. The molecule has 0 amide bonds. The lowest BCUT2D eigenvalue weighted by Gasteiger charge is -2.35. The molecule has 0 N–H and O–H groups in total. The first-order chi connectivity index (χ1) is 16.5. The Bertz CT molecular complexity index is 1330. The lowest BCUT2D eigenvalue weighted by Crippen LogP contribution is -2.42. The van der Waals surface area contributed by atoms with Crippen LogP contribution in [0.15, 0.2) is 48.8 Å². The number of hydrogen-bond acceptors (Lipinski definition) is 8. The van der Waals surface area contributed by atoms with Gasteiger partial charge in [0.1, 0.15) is 15.8 Å². The summed E-state index contributed by atoms with van der Waals surface area (Å²) in [5, 5.41) is 12.3. The monoisotopic (exact) mass is 472 g/mol. The number of likely N-dealkylation sites (tertiary alicyclic amines) is 1. The Morgan fingerprint density at radius 1 is 1.09 bits per heavy atom. The van der Waals surface area contributed by atoms with Crippen LogP contribution in [0.25, 0.3) is 21.3 Å². The van der Waals surface area contributed by atoms with E-state index in [9.17, 15) is 4.79 Å². The van der Waals surface area contributed by atoms with Gasteiger partial charge in [0.2, 0.25) is 0 Å². The van der Waals surface area contributed by atoms with E-state index in [1.54, 1.807) is 23.6 Å². The van der Waals surface area contributed by atoms with Crippen LogP contribution in [0.5, 0.6) is 0 Å². The molecule has 0 unspecified atom stereocenters. The summed E-state index contributed by atoms with van der Waals surface area (Å²) in [7, 11) is 4.24. The van der Waals surface area contributed by atoms with Crippen molar-refractivity contribution in [2.75, 3.05) is 32.1 Å². The molecule has 1 saturated heterocycles. The fourth-order valence-electron chi connectivity index (χ4n) is 4.45. The molecule has 1 fully saturated rings. The molecule has 8 heteroatoms. The van der Waals surface area contributed by atoms with E-state index in [0.717, 1.165) is 63.8 Å². The molecule has 4 aromatic rings. The SMILES string of the molecule is Cc1nnc(-c2ccc3cnc(CC(=O)c4ccnc(N(C)C5CCN(C)CC5)c4)cc3c2)s1. The van der Waals surface area contributed by atoms with Crippen molar-refractivity contribution in [3.8, 4) is 10.6 Å². The Kier molecular flexibility index (Phi) is 6.34. The molecule has 1 aromatic carbocycles. The number of Topliss-reactive ketones (excluding diaryl/α,β-unsaturated/α-hetero) is 1. The van der Waals surface area contributed by atoms with E-state index >= 15 is 0 Å². The van der Waals surface area contributed by atoms with Gasteiger partial charge in [0.15, 0.2) is 5.78 Å². The van der Waals surface area contributed by atoms with E-state index in [4.69, 9.17) is 0 Å². The van der Waals surface area contributed by atoms with E-state index in [0.29, 0.717) is 11.6 Å². The van der Waals surface area contributed by atoms with Crippen LogP contribution in [0.3, 0.4) is 0 Å². The standard InChI is InChI=1S/C26H28N6OS/c1-17-29-30-26(34-17)19-4-5-20-16-28-22(13-21(20)12-19)15-24(33)18-6-9-27-25(14-18)32(3)23-7-10-31(2)11-8-23/h4-6,9,12-14,16,23H,7-8,10-11,15H2,1-3H3. The second-order valence-corrected chi connectivity index (χ2v) is 10.2. The Hall–Kier alpha value is -3.23. The van der Waals surface area contributed by atoms with Gasteiger partial charge in [-0.3, -0.25) is 9.78 Å². The summed E-state index contributed by atoms with van der Waals surface area (Å²) in [6, 6.07) is 12.3. The highest BCUT2D eigenvalue weighted by molar-refractivity contribution is 7.14. The second-order valence-electron chi connectivity index (χ2n) is 9.01. The first-order valence-electron chi connectivity index (χ1n) is 11.6. The number of carbonyl (C=O) groups excluding carboxylic acids is 1. The zero-order valence-electron chi connectivity index (χ0n) is 19.7. The molecule has 0 atom stereocenters. The van der Waals surface area contributed by atoms with Gasteiger partial charge in [-0.1, -0.05) is 23.5 Å². The van der Waals surface area contributed by atoms with Gasteiger partial charge in [-0.25, -0.2) is 4.98 Å². The maximum atomic E-state index is 13.1. The van der Waals surface area contributed by atoms with Crippen molar-refractivity contribution in [3.63, 3.8) is 0 Å². The molecule has 174 valence electrons. The van der Waals surface area contributed by atoms with Crippen LogP contribution in [-0.4, -0.2) is 64.1 Å². The minimum atomic E-state index is 0.0446. The molecule has 0 radical (unpaired) electrons. The maximum absolute atomic E-state index is 13.1. The van der Waals surface area contributed by atoms with Gasteiger partial charge < -0.3 is 9.80 Å². The molecule has 1 aliphatic rings. The van der Waals surface area contributed by atoms with Crippen LogP contribution < -0.4 is 4.90 Å². The van der Waals surface area contributed by atoms with Gasteiger partial charge in [0.05, 0.1) is 6.42 Å². The molecule has 0 saturated carbocycles. The summed E-state index contributed by atoms with van der Waals surface area (Å²) in [6.07, 6.45) is 6.02. The zero-order chi connectivity index (χ0) is 23.7. The average Bonchev–Trinajstić information content (AvgIpc) is 3.30.